The number of hydrogen-bond donors (Lipinski definition) is 2. The van der Waals surface area contributed by atoms with Crippen LogP contribution in [0.25, 0.3) is 5.69 Å². The van der Waals surface area contributed by atoms with Crippen LogP contribution >= 0.6 is 12.4 Å². The third-order valence-electron chi connectivity index (χ3n) is 5.12. The van der Waals surface area contributed by atoms with Crippen molar-refractivity contribution < 1.29 is 4.79 Å². The molecule has 4 rings (SSSR count). The Hall–Kier alpha value is -1.85. The lowest BCUT2D eigenvalue weighted by atomic mass is 9.95. The fourth-order valence-electron chi connectivity index (χ4n) is 3.53. The molecule has 2 N–H and O–H groups in total. The summed E-state index contributed by atoms with van der Waals surface area (Å²) in [5.41, 5.74) is 2.83. The van der Waals surface area contributed by atoms with E-state index in [2.05, 4.69) is 22.7 Å². The minimum absolute atomic E-state index is 0. The molecule has 6 heteroatoms. The minimum Gasteiger partial charge on any atom is -0.349 e. The van der Waals surface area contributed by atoms with Gasteiger partial charge >= 0.3 is 0 Å². The van der Waals surface area contributed by atoms with E-state index in [1.807, 2.05) is 35.0 Å². The molecule has 25 heavy (non-hydrogen) atoms. The van der Waals surface area contributed by atoms with E-state index < -0.39 is 0 Å². The first-order valence-corrected chi connectivity index (χ1v) is 8.89. The van der Waals surface area contributed by atoms with Crippen molar-refractivity contribution in [2.75, 3.05) is 13.1 Å². The van der Waals surface area contributed by atoms with Crippen LogP contribution in [0.4, 0.5) is 0 Å². The molecule has 1 aliphatic heterocycles. The summed E-state index contributed by atoms with van der Waals surface area (Å²) in [4.78, 5) is 12.9. The number of aromatic nitrogens is 2. The summed E-state index contributed by atoms with van der Waals surface area (Å²) in [7, 11) is 0. The summed E-state index contributed by atoms with van der Waals surface area (Å²) in [5.74, 6) is 0.938. The second kappa shape index (κ2) is 7.58. The maximum Gasteiger partial charge on any atom is 0.255 e. The molecule has 1 saturated heterocycles. The smallest absolute Gasteiger partial charge is 0.255 e. The van der Waals surface area contributed by atoms with Gasteiger partial charge in [0.05, 0.1) is 23.1 Å². The van der Waals surface area contributed by atoms with E-state index in [0.717, 1.165) is 49.3 Å². The topological polar surface area (TPSA) is 58.9 Å². The molecule has 1 aromatic carbocycles. The van der Waals surface area contributed by atoms with Crippen LogP contribution in [0, 0.1) is 5.92 Å². The number of benzene rings is 1. The van der Waals surface area contributed by atoms with Crippen LogP contribution in [0.1, 0.15) is 48.2 Å². The second-order valence-electron chi connectivity index (χ2n) is 7.02. The highest BCUT2D eigenvalue weighted by Crippen LogP contribution is 2.42. The maximum absolute atomic E-state index is 12.9. The molecule has 1 aromatic heterocycles. The van der Waals surface area contributed by atoms with Gasteiger partial charge in [-0.05, 0) is 50.4 Å². The summed E-state index contributed by atoms with van der Waals surface area (Å²) < 4.78 is 1.94. The first-order chi connectivity index (χ1) is 11.7. The van der Waals surface area contributed by atoms with Crippen molar-refractivity contribution >= 4 is 18.3 Å². The number of nitrogens with zero attached hydrogens (tertiary/aromatic N) is 2. The predicted octanol–water partition coefficient (Wildman–Crippen LogP) is 2.90. The van der Waals surface area contributed by atoms with E-state index in [4.69, 9.17) is 0 Å². The Labute approximate surface area is 154 Å². The molecule has 2 atom stereocenters. The highest BCUT2D eigenvalue weighted by molar-refractivity contribution is 5.95. The summed E-state index contributed by atoms with van der Waals surface area (Å²) in [5, 5.41) is 11.1. The van der Waals surface area contributed by atoms with Gasteiger partial charge < -0.3 is 10.6 Å². The van der Waals surface area contributed by atoms with Crippen LogP contribution < -0.4 is 10.6 Å². The van der Waals surface area contributed by atoms with Gasteiger partial charge in [0.25, 0.3) is 5.91 Å². The van der Waals surface area contributed by atoms with Crippen LogP contribution in [-0.2, 0) is 0 Å². The number of amides is 1. The first-order valence-electron chi connectivity index (χ1n) is 8.89. The first kappa shape index (κ1) is 18.0. The monoisotopic (exact) mass is 360 g/mol. The molecule has 2 heterocycles. The molecule has 1 aliphatic carbocycles. The summed E-state index contributed by atoms with van der Waals surface area (Å²) >= 11 is 0. The van der Waals surface area contributed by atoms with Crippen molar-refractivity contribution in [3.05, 3.63) is 47.8 Å². The number of halogens is 1. The zero-order valence-electron chi connectivity index (χ0n) is 14.4. The lowest BCUT2D eigenvalue weighted by Crippen LogP contribution is -2.48. The quantitative estimate of drug-likeness (QED) is 0.881. The van der Waals surface area contributed by atoms with Gasteiger partial charge in [-0.1, -0.05) is 25.1 Å². The molecule has 5 nitrogen and oxygen atoms in total. The highest BCUT2D eigenvalue weighted by atomic mass is 35.5. The van der Waals surface area contributed by atoms with Crippen LogP contribution in [0.3, 0.4) is 0 Å². The third-order valence-corrected chi connectivity index (χ3v) is 5.12. The molecule has 1 saturated carbocycles. The Bertz CT molecular complexity index is 726. The fourth-order valence-corrected chi connectivity index (χ4v) is 3.53. The van der Waals surface area contributed by atoms with Crippen LogP contribution in [0.15, 0.2) is 36.5 Å². The van der Waals surface area contributed by atoms with Crippen molar-refractivity contribution in [3.8, 4) is 5.69 Å². The van der Waals surface area contributed by atoms with Gasteiger partial charge in [-0.3, -0.25) is 4.79 Å². The largest absolute Gasteiger partial charge is 0.349 e. The third kappa shape index (κ3) is 3.72. The molecule has 0 bridgehead atoms. The van der Waals surface area contributed by atoms with Crippen molar-refractivity contribution in [3.63, 3.8) is 0 Å². The molecule has 2 aliphatic rings. The van der Waals surface area contributed by atoms with Crippen molar-refractivity contribution in [1.29, 1.82) is 0 Å². The predicted molar refractivity (Wildman–Crippen MR) is 101 cm³/mol. The van der Waals surface area contributed by atoms with Gasteiger partial charge in [0, 0.05) is 12.0 Å². The number of carbonyl (C=O) groups is 1. The zero-order chi connectivity index (χ0) is 16.5. The molecule has 0 radical (unpaired) electrons. The van der Waals surface area contributed by atoms with Crippen molar-refractivity contribution in [2.45, 2.75) is 38.1 Å². The number of rotatable bonds is 4. The highest BCUT2D eigenvalue weighted by Gasteiger charge is 2.34. The molecule has 2 aromatic rings. The van der Waals surface area contributed by atoms with E-state index in [1.165, 1.54) is 0 Å². The van der Waals surface area contributed by atoms with Crippen LogP contribution in [-0.4, -0.2) is 34.8 Å². The van der Waals surface area contributed by atoms with E-state index >= 15 is 0 Å². The van der Waals surface area contributed by atoms with Crippen molar-refractivity contribution in [1.82, 2.24) is 20.4 Å². The van der Waals surface area contributed by atoms with Gasteiger partial charge in [0.2, 0.25) is 0 Å². The van der Waals surface area contributed by atoms with Gasteiger partial charge in [-0.15, -0.1) is 12.4 Å². The number of hydrogen-bond acceptors (Lipinski definition) is 3. The van der Waals surface area contributed by atoms with Crippen molar-refractivity contribution in [2.24, 2.45) is 5.92 Å². The lowest BCUT2D eigenvalue weighted by Gasteiger charge is -2.30. The average molecular weight is 361 g/mol. The van der Waals surface area contributed by atoms with Crippen LogP contribution in [0.5, 0.6) is 0 Å². The van der Waals surface area contributed by atoms with E-state index in [-0.39, 0.29) is 24.4 Å². The van der Waals surface area contributed by atoms with E-state index in [1.54, 1.807) is 6.20 Å². The molecule has 2 fully saturated rings. The molecular formula is C19H25ClN4O. The Balaban J connectivity index is 0.00000182. The Morgan fingerprint density at radius 1 is 1.24 bits per heavy atom. The van der Waals surface area contributed by atoms with Gasteiger partial charge in [-0.25, -0.2) is 4.68 Å². The summed E-state index contributed by atoms with van der Waals surface area (Å²) in [6.45, 7) is 4.12. The second-order valence-corrected chi connectivity index (χ2v) is 7.02. The Morgan fingerprint density at radius 3 is 2.68 bits per heavy atom. The van der Waals surface area contributed by atoms with E-state index in [0.29, 0.717) is 11.8 Å². The number of piperidine rings is 1. The minimum atomic E-state index is 0. The Kier molecular flexibility index (Phi) is 5.45. The molecule has 2 unspecified atom stereocenters. The molecule has 0 spiro atoms. The number of carbonyl (C=O) groups excluding carboxylic acids is 1. The standard InChI is InChI=1S/C19H24N4O.ClH/c1-13-11-20-10-9-17(13)22-19(24)16-12-21-23(18(16)14-7-8-14)15-5-3-2-4-6-15;/h2-6,12-14,17,20H,7-11H2,1H3,(H,22,24);1H. The van der Waals surface area contributed by atoms with Gasteiger partial charge in [0.1, 0.15) is 0 Å². The molecular weight excluding hydrogens is 336 g/mol. The molecule has 1 amide bonds. The van der Waals surface area contributed by atoms with Gasteiger partial charge in [0.15, 0.2) is 0 Å². The fraction of sp³-hybridized carbons (Fsp3) is 0.474. The van der Waals surface area contributed by atoms with Gasteiger partial charge in [-0.2, -0.15) is 5.10 Å². The Morgan fingerprint density at radius 2 is 2.00 bits per heavy atom. The van der Waals surface area contributed by atoms with E-state index in [9.17, 15) is 4.79 Å². The maximum atomic E-state index is 12.9. The molecule has 134 valence electrons. The number of para-hydroxylation sites is 1. The average Bonchev–Trinajstić information content (AvgIpc) is 3.35. The lowest BCUT2D eigenvalue weighted by molar-refractivity contribution is 0.0913. The van der Waals surface area contributed by atoms with Crippen LogP contribution in [0.2, 0.25) is 0 Å². The summed E-state index contributed by atoms with van der Waals surface area (Å²) in [6, 6.07) is 10.3. The number of nitrogens with one attached hydrogen (secondary N) is 2. The SMILES string of the molecule is CC1CNCCC1NC(=O)c1cnn(-c2ccccc2)c1C1CC1.Cl. The zero-order valence-corrected chi connectivity index (χ0v) is 15.3. The summed E-state index contributed by atoms with van der Waals surface area (Å²) in [6.07, 6.45) is 5.01. The normalized spacial score (nSPS) is 22.9.